The number of amides is 4. The van der Waals surface area contributed by atoms with Crippen molar-refractivity contribution < 1.29 is 23.9 Å². The smallest absolute Gasteiger partial charge is 0.408 e. The summed E-state index contributed by atoms with van der Waals surface area (Å²) in [7, 11) is 0. The molecule has 9 heteroatoms. The largest absolute Gasteiger partial charge is 0.444 e. The Kier molecular flexibility index (Phi) is 13.9. The highest BCUT2D eigenvalue weighted by molar-refractivity contribution is 5.94. The van der Waals surface area contributed by atoms with Crippen LogP contribution in [-0.2, 0) is 19.1 Å². The van der Waals surface area contributed by atoms with E-state index < -0.39 is 42.0 Å². The van der Waals surface area contributed by atoms with Gasteiger partial charge in [0, 0.05) is 12.6 Å². The number of ether oxygens (including phenoxy) is 1. The number of nitrogens with zero attached hydrogens (tertiary/aromatic N) is 1. The van der Waals surface area contributed by atoms with Crippen LogP contribution in [0.1, 0.15) is 98.6 Å². The van der Waals surface area contributed by atoms with Crippen LogP contribution in [0.4, 0.5) is 4.79 Å². The Balaban J connectivity index is 3.50. The number of alkyl carbamates (subject to hydrolysis) is 1. The average Bonchev–Trinajstić information content (AvgIpc) is 2.81. The van der Waals surface area contributed by atoms with Crippen LogP contribution in [0.3, 0.4) is 0 Å². The van der Waals surface area contributed by atoms with E-state index in [0.29, 0.717) is 24.4 Å². The molecule has 214 valence electrons. The number of primary amides is 1. The van der Waals surface area contributed by atoms with Gasteiger partial charge in [-0.05, 0) is 58.4 Å². The second-order valence-corrected chi connectivity index (χ2v) is 11.2. The Hall–Kier alpha value is -3.10. The highest BCUT2D eigenvalue weighted by atomic mass is 16.6. The molecule has 0 aliphatic heterocycles. The maximum absolute atomic E-state index is 14.1. The highest BCUT2D eigenvalue weighted by Crippen LogP contribution is 2.28. The molecule has 0 aromatic heterocycles. The van der Waals surface area contributed by atoms with E-state index in [4.69, 9.17) is 10.5 Å². The van der Waals surface area contributed by atoms with E-state index in [1.54, 1.807) is 32.9 Å². The molecule has 38 heavy (non-hydrogen) atoms. The molecule has 9 nitrogen and oxygen atoms in total. The molecule has 0 spiro atoms. The number of nitrogens with one attached hydrogen (secondary N) is 2. The molecule has 4 amide bonds. The maximum atomic E-state index is 14.1. The first-order chi connectivity index (χ1) is 17.8. The van der Waals surface area contributed by atoms with Crippen molar-refractivity contribution in [3.63, 3.8) is 0 Å². The zero-order valence-corrected chi connectivity index (χ0v) is 24.2. The summed E-state index contributed by atoms with van der Waals surface area (Å²) in [5.41, 5.74) is 5.30. The van der Waals surface area contributed by atoms with E-state index in [-0.39, 0.29) is 11.9 Å². The van der Waals surface area contributed by atoms with Gasteiger partial charge in [0.25, 0.3) is 0 Å². The fraction of sp³-hybridized carbons (Fsp3) is 0.655. The number of carbonyl (C=O) groups is 4. The molecule has 3 unspecified atom stereocenters. The van der Waals surface area contributed by atoms with Gasteiger partial charge in [-0.2, -0.15) is 0 Å². The van der Waals surface area contributed by atoms with Gasteiger partial charge in [0.2, 0.25) is 17.7 Å². The molecule has 1 aromatic rings. The molecule has 1 aromatic carbocycles. The minimum absolute atomic E-state index is 0.313. The highest BCUT2D eigenvalue weighted by Gasteiger charge is 2.39. The van der Waals surface area contributed by atoms with Gasteiger partial charge < -0.3 is 26.0 Å². The summed E-state index contributed by atoms with van der Waals surface area (Å²) in [6.07, 6.45) is 3.00. The molecule has 0 saturated heterocycles. The van der Waals surface area contributed by atoms with Gasteiger partial charge in [-0.15, -0.1) is 0 Å². The van der Waals surface area contributed by atoms with Crippen LogP contribution < -0.4 is 16.4 Å². The van der Waals surface area contributed by atoms with Crippen molar-refractivity contribution in [3.05, 3.63) is 35.9 Å². The van der Waals surface area contributed by atoms with E-state index in [0.717, 1.165) is 25.7 Å². The van der Waals surface area contributed by atoms with Crippen LogP contribution >= 0.6 is 0 Å². The minimum atomic E-state index is -1.29. The number of nitrogens with two attached hydrogens (primary N) is 1. The molecular weight excluding hydrogens is 484 g/mol. The average molecular weight is 533 g/mol. The van der Waals surface area contributed by atoms with Gasteiger partial charge in [0.15, 0.2) is 0 Å². The van der Waals surface area contributed by atoms with E-state index in [9.17, 15) is 19.2 Å². The number of unbranched alkanes of at least 4 members (excludes halogenated alkanes) is 2. The molecule has 0 aliphatic rings. The molecule has 0 bridgehead atoms. The third kappa shape index (κ3) is 12.0. The van der Waals surface area contributed by atoms with Crippen molar-refractivity contribution in [2.75, 3.05) is 6.54 Å². The zero-order valence-electron chi connectivity index (χ0n) is 24.2. The third-order valence-electron chi connectivity index (χ3n) is 6.01. The quantitative estimate of drug-likeness (QED) is 0.287. The predicted molar refractivity (Wildman–Crippen MR) is 149 cm³/mol. The van der Waals surface area contributed by atoms with Crippen molar-refractivity contribution >= 4 is 23.8 Å². The number of carbonyl (C=O) groups excluding carboxylic acids is 4. The predicted octanol–water partition coefficient (Wildman–Crippen LogP) is 4.46. The van der Waals surface area contributed by atoms with E-state index in [1.165, 1.54) is 4.90 Å². The first-order valence-electron chi connectivity index (χ1n) is 13.7. The Morgan fingerprint density at radius 3 is 2.16 bits per heavy atom. The first kappa shape index (κ1) is 32.9. The summed E-state index contributed by atoms with van der Waals surface area (Å²) in [5, 5.41) is 5.51. The van der Waals surface area contributed by atoms with Gasteiger partial charge in [-0.1, -0.05) is 63.9 Å². The summed E-state index contributed by atoms with van der Waals surface area (Å²) in [6, 6.07) is 6.46. The maximum Gasteiger partial charge on any atom is 0.408 e. The molecule has 0 saturated carbocycles. The summed E-state index contributed by atoms with van der Waals surface area (Å²) in [5.74, 6) is -1.25. The summed E-state index contributed by atoms with van der Waals surface area (Å²) in [4.78, 5) is 53.8. The second-order valence-electron chi connectivity index (χ2n) is 11.2. The number of hydrogen-bond acceptors (Lipinski definition) is 5. The Morgan fingerprint density at radius 1 is 1.00 bits per heavy atom. The monoisotopic (exact) mass is 532 g/mol. The SMILES string of the molecule is CCCCCNC(=O)C(c1ccccc1)N(C(=O)C(CC(N)=O)NC(=O)OC(C)(C)C)C(C)CCC(C)C. The zero-order chi connectivity index (χ0) is 28.9. The van der Waals surface area contributed by atoms with Gasteiger partial charge in [0.05, 0.1) is 6.42 Å². The summed E-state index contributed by atoms with van der Waals surface area (Å²) in [6.45, 7) is 13.7. The van der Waals surface area contributed by atoms with Gasteiger partial charge in [0.1, 0.15) is 17.7 Å². The number of rotatable bonds is 15. The Bertz CT molecular complexity index is 898. The van der Waals surface area contributed by atoms with Gasteiger partial charge >= 0.3 is 6.09 Å². The normalized spacial score (nSPS) is 13.8. The summed E-state index contributed by atoms with van der Waals surface area (Å²) >= 11 is 0. The molecule has 0 heterocycles. The molecule has 0 aliphatic carbocycles. The van der Waals surface area contributed by atoms with E-state index >= 15 is 0 Å². The van der Waals surface area contributed by atoms with Crippen LogP contribution in [-0.4, -0.2) is 52.9 Å². The van der Waals surface area contributed by atoms with E-state index in [2.05, 4.69) is 31.4 Å². The lowest BCUT2D eigenvalue weighted by Gasteiger charge is -2.38. The fourth-order valence-corrected chi connectivity index (χ4v) is 4.10. The molecule has 0 radical (unpaired) electrons. The van der Waals surface area contributed by atoms with Crippen LogP contribution in [0, 0.1) is 5.92 Å². The lowest BCUT2D eigenvalue weighted by Crippen LogP contribution is -2.56. The van der Waals surface area contributed by atoms with Gasteiger partial charge in [-0.25, -0.2) is 4.79 Å². The van der Waals surface area contributed by atoms with Crippen LogP contribution in [0.5, 0.6) is 0 Å². The molecule has 4 N–H and O–H groups in total. The standard InChI is InChI=1S/C29H48N4O5/c1-8-9-13-18-31-26(35)25(22-14-11-10-12-15-22)33(21(4)17-16-20(2)3)27(36)23(19-24(30)34)32-28(37)38-29(5,6)7/h10-12,14-15,20-21,23,25H,8-9,13,16-19H2,1-7H3,(H2,30,34)(H,31,35)(H,32,37). The second kappa shape index (κ2) is 16.0. The topological polar surface area (TPSA) is 131 Å². The third-order valence-corrected chi connectivity index (χ3v) is 6.01. The molecular formula is C29H48N4O5. The number of benzene rings is 1. The summed E-state index contributed by atoms with van der Waals surface area (Å²) < 4.78 is 5.34. The first-order valence-corrected chi connectivity index (χ1v) is 13.7. The van der Waals surface area contributed by atoms with Crippen molar-refractivity contribution in [2.24, 2.45) is 11.7 Å². The fourth-order valence-electron chi connectivity index (χ4n) is 4.10. The Labute approximate surface area is 228 Å². The molecule has 0 fully saturated rings. The number of hydrogen-bond donors (Lipinski definition) is 3. The molecule has 1 rings (SSSR count). The van der Waals surface area contributed by atoms with Crippen molar-refractivity contribution in [3.8, 4) is 0 Å². The van der Waals surface area contributed by atoms with Crippen LogP contribution in [0.2, 0.25) is 0 Å². The lowest BCUT2D eigenvalue weighted by atomic mass is 9.96. The van der Waals surface area contributed by atoms with Crippen molar-refractivity contribution in [1.29, 1.82) is 0 Å². The Morgan fingerprint density at radius 2 is 1.63 bits per heavy atom. The molecule has 3 atom stereocenters. The minimum Gasteiger partial charge on any atom is -0.444 e. The van der Waals surface area contributed by atoms with Crippen molar-refractivity contribution in [1.82, 2.24) is 15.5 Å². The van der Waals surface area contributed by atoms with E-state index in [1.807, 2.05) is 25.1 Å². The van der Waals surface area contributed by atoms with Gasteiger partial charge in [-0.3, -0.25) is 14.4 Å². The van der Waals surface area contributed by atoms with Crippen LogP contribution in [0.25, 0.3) is 0 Å². The lowest BCUT2D eigenvalue weighted by molar-refractivity contribution is -0.146. The van der Waals surface area contributed by atoms with Crippen LogP contribution in [0.15, 0.2) is 30.3 Å². The van der Waals surface area contributed by atoms with Crippen molar-refractivity contribution in [2.45, 2.75) is 111 Å².